The molecule has 1 aromatic rings. The van der Waals surface area contributed by atoms with Crippen molar-refractivity contribution in [3.8, 4) is 0 Å². The molecule has 0 atom stereocenters. The van der Waals surface area contributed by atoms with E-state index in [1.165, 1.54) is 0 Å². The Balaban J connectivity index is 2.53. The fourth-order valence-corrected chi connectivity index (χ4v) is 3.00. The molecule has 0 aromatic heterocycles. The molecular formula is C9H13NO3S2. The number of benzene rings is 1. The predicted molar refractivity (Wildman–Crippen MR) is 61.1 cm³/mol. The number of hydrogen-bond donors (Lipinski definition) is 1. The maximum atomic E-state index is 11.6. The Labute approximate surface area is 94.2 Å². The lowest BCUT2D eigenvalue weighted by Crippen LogP contribution is -2.17. The van der Waals surface area contributed by atoms with Gasteiger partial charge in [-0.25, -0.2) is 8.42 Å². The molecule has 0 aliphatic carbocycles. The van der Waals surface area contributed by atoms with Gasteiger partial charge >= 0.3 is 0 Å². The van der Waals surface area contributed by atoms with Crippen LogP contribution in [0.3, 0.4) is 0 Å². The molecule has 6 heteroatoms. The molecule has 1 aromatic carbocycles. The van der Waals surface area contributed by atoms with E-state index >= 15 is 0 Å². The van der Waals surface area contributed by atoms with E-state index in [2.05, 4.69) is 4.13 Å². The number of sulfonamides is 1. The van der Waals surface area contributed by atoms with E-state index < -0.39 is 10.0 Å². The van der Waals surface area contributed by atoms with Crippen LogP contribution < -0.4 is 4.13 Å². The molecule has 0 saturated carbocycles. The number of ether oxygens (including phenoxy) is 1. The Morgan fingerprint density at radius 1 is 1.33 bits per heavy atom. The smallest absolute Gasteiger partial charge is 0.249 e. The van der Waals surface area contributed by atoms with Gasteiger partial charge in [-0.3, -0.25) is 0 Å². The molecule has 84 valence electrons. The van der Waals surface area contributed by atoms with Crippen molar-refractivity contribution < 1.29 is 13.2 Å². The van der Waals surface area contributed by atoms with Crippen molar-refractivity contribution in [1.82, 2.24) is 4.13 Å². The van der Waals surface area contributed by atoms with Crippen LogP contribution in [0.2, 0.25) is 0 Å². The first-order valence-corrected chi connectivity index (χ1v) is 6.81. The molecule has 0 unspecified atom stereocenters. The predicted octanol–water partition coefficient (Wildman–Crippen LogP) is 1.26. The largest absolute Gasteiger partial charge is 0.384 e. The van der Waals surface area contributed by atoms with Crippen molar-refractivity contribution in [2.45, 2.75) is 4.90 Å². The summed E-state index contributed by atoms with van der Waals surface area (Å²) in [4.78, 5) is 0.273. The van der Waals surface area contributed by atoms with Crippen LogP contribution in [0.15, 0.2) is 35.2 Å². The number of methoxy groups -OCH3 is 1. The van der Waals surface area contributed by atoms with Gasteiger partial charge in [0.2, 0.25) is 10.0 Å². The lowest BCUT2D eigenvalue weighted by molar-refractivity contribution is 0.218. The Morgan fingerprint density at radius 3 is 2.60 bits per heavy atom. The molecule has 1 rings (SSSR count). The zero-order valence-corrected chi connectivity index (χ0v) is 9.98. The van der Waals surface area contributed by atoms with Gasteiger partial charge < -0.3 is 4.74 Å². The summed E-state index contributed by atoms with van der Waals surface area (Å²) in [6, 6.07) is 8.26. The highest BCUT2D eigenvalue weighted by Gasteiger charge is 2.12. The van der Waals surface area contributed by atoms with Crippen LogP contribution in [-0.4, -0.2) is 27.9 Å². The standard InChI is InChI=1S/C9H13NO3S2/c1-13-7-8-14-10-15(11,12)9-5-3-2-4-6-9/h2-6,10H,7-8H2,1H3. The van der Waals surface area contributed by atoms with Gasteiger partial charge in [-0.1, -0.05) is 30.1 Å². The van der Waals surface area contributed by atoms with Gasteiger partial charge in [-0.15, -0.1) is 0 Å². The summed E-state index contributed by atoms with van der Waals surface area (Å²) in [5, 5.41) is 0. The molecular weight excluding hydrogens is 234 g/mol. The van der Waals surface area contributed by atoms with Crippen LogP contribution in [0.1, 0.15) is 0 Å². The molecule has 0 amide bonds. The molecule has 0 saturated heterocycles. The Bertz CT molecular complexity index is 378. The fourth-order valence-electron chi connectivity index (χ4n) is 0.892. The molecule has 0 heterocycles. The van der Waals surface area contributed by atoms with Crippen LogP contribution in [0, 0.1) is 0 Å². The highest BCUT2D eigenvalue weighted by Crippen LogP contribution is 2.10. The fraction of sp³-hybridized carbons (Fsp3) is 0.333. The Hall–Kier alpha value is -0.560. The van der Waals surface area contributed by atoms with Crippen molar-refractivity contribution in [2.75, 3.05) is 19.5 Å². The molecule has 0 radical (unpaired) electrons. The minimum absolute atomic E-state index is 0.273. The average Bonchev–Trinajstić information content (AvgIpc) is 2.26. The van der Waals surface area contributed by atoms with Crippen LogP contribution in [0.4, 0.5) is 0 Å². The second-order valence-electron chi connectivity index (χ2n) is 2.74. The second kappa shape index (κ2) is 6.12. The minimum atomic E-state index is -3.38. The van der Waals surface area contributed by atoms with Crippen LogP contribution in [0.25, 0.3) is 0 Å². The third kappa shape index (κ3) is 4.21. The molecule has 4 nitrogen and oxygen atoms in total. The SMILES string of the molecule is COCCSNS(=O)(=O)c1ccccc1. The lowest BCUT2D eigenvalue weighted by atomic mass is 10.4. The van der Waals surface area contributed by atoms with E-state index in [0.717, 1.165) is 11.9 Å². The van der Waals surface area contributed by atoms with Crippen molar-refractivity contribution in [3.05, 3.63) is 30.3 Å². The first-order valence-electron chi connectivity index (χ1n) is 4.34. The van der Waals surface area contributed by atoms with E-state index in [4.69, 9.17) is 4.74 Å². The van der Waals surface area contributed by atoms with Crippen molar-refractivity contribution in [2.24, 2.45) is 0 Å². The molecule has 1 N–H and O–H groups in total. The first-order chi connectivity index (χ1) is 7.17. The molecule has 0 aliphatic heterocycles. The van der Waals surface area contributed by atoms with Gasteiger partial charge in [0.1, 0.15) is 0 Å². The van der Waals surface area contributed by atoms with Crippen molar-refractivity contribution in [3.63, 3.8) is 0 Å². The van der Waals surface area contributed by atoms with Gasteiger partial charge in [0.15, 0.2) is 0 Å². The van der Waals surface area contributed by atoms with Crippen LogP contribution in [0.5, 0.6) is 0 Å². The number of nitrogens with one attached hydrogen (secondary N) is 1. The Kier molecular flexibility index (Phi) is 5.10. The summed E-state index contributed by atoms with van der Waals surface area (Å²) in [5.41, 5.74) is 0. The van der Waals surface area contributed by atoms with E-state index in [1.807, 2.05) is 0 Å². The molecule has 0 bridgehead atoms. The quantitative estimate of drug-likeness (QED) is 0.607. The summed E-state index contributed by atoms with van der Waals surface area (Å²) in [6.07, 6.45) is 0. The second-order valence-corrected chi connectivity index (χ2v) is 5.58. The van der Waals surface area contributed by atoms with E-state index in [1.54, 1.807) is 37.4 Å². The number of rotatable bonds is 6. The maximum Gasteiger partial charge on any atom is 0.249 e. The number of hydrogen-bond acceptors (Lipinski definition) is 4. The molecule has 0 aliphatic rings. The summed E-state index contributed by atoms with van der Waals surface area (Å²) in [6.45, 7) is 0.516. The normalized spacial score (nSPS) is 11.5. The Morgan fingerprint density at radius 2 is 2.00 bits per heavy atom. The van der Waals surface area contributed by atoms with E-state index in [9.17, 15) is 8.42 Å². The summed E-state index contributed by atoms with van der Waals surface area (Å²) < 4.78 is 30.5. The minimum Gasteiger partial charge on any atom is -0.384 e. The van der Waals surface area contributed by atoms with Crippen LogP contribution in [-0.2, 0) is 14.8 Å². The highest BCUT2D eigenvalue weighted by molar-refractivity contribution is 8.09. The van der Waals surface area contributed by atoms with Gasteiger partial charge in [0, 0.05) is 12.9 Å². The summed E-state index contributed by atoms with van der Waals surface area (Å²) >= 11 is 1.12. The highest BCUT2D eigenvalue weighted by atomic mass is 32.3. The van der Waals surface area contributed by atoms with Crippen LogP contribution >= 0.6 is 11.9 Å². The van der Waals surface area contributed by atoms with Gasteiger partial charge in [-0.05, 0) is 12.1 Å². The molecule has 15 heavy (non-hydrogen) atoms. The van der Waals surface area contributed by atoms with Crippen molar-refractivity contribution >= 4 is 22.0 Å². The lowest BCUT2D eigenvalue weighted by Gasteiger charge is -2.04. The molecule has 0 fully saturated rings. The van der Waals surface area contributed by atoms with Crippen molar-refractivity contribution in [1.29, 1.82) is 0 Å². The third-order valence-electron chi connectivity index (χ3n) is 1.61. The average molecular weight is 247 g/mol. The molecule has 0 spiro atoms. The maximum absolute atomic E-state index is 11.6. The van der Waals surface area contributed by atoms with E-state index in [0.29, 0.717) is 12.4 Å². The zero-order valence-electron chi connectivity index (χ0n) is 8.34. The topological polar surface area (TPSA) is 55.4 Å². The van der Waals surface area contributed by atoms with Gasteiger partial charge in [0.25, 0.3) is 0 Å². The monoisotopic (exact) mass is 247 g/mol. The zero-order chi connectivity index (χ0) is 11.1. The summed E-state index contributed by atoms with van der Waals surface area (Å²) in [7, 11) is -1.81. The third-order valence-corrected chi connectivity index (χ3v) is 4.22. The van der Waals surface area contributed by atoms with E-state index in [-0.39, 0.29) is 4.90 Å². The first kappa shape index (κ1) is 12.5. The summed E-state index contributed by atoms with van der Waals surface area (Å²) in [5.74, 6) is 0.586. The van der Waals surface area contributed by atoms with Gasteiger partial charge in [0.05, 0.1) is 11.5 Å². The van der Waals surface area contributed by atoms with Gasteiger partial charge in [-0.2, -0.15) is 4.13 Å².